The summed E-state index contributed by atoms with van der Waals surface area (Å²) in [5.74, 6) is -0.948. The van der Waals surface area contributed by atoms with Gasteiger partial charge in [-0.25, -0.2) is 0 Å². The second kappa shape index (κ2) is 7.07. The fourth-order valence-corrected chi connectivity index (χ4v) is 4.52. The molecule has 1 saturated carbocycles. The normalized spacial score (nSPS) is 40.5. The van der Waals surface area contributed by atoms with E-state index in [0.717, 1.165) is 6.42 Å². The van der Waals surface area contributed by atoms with Gasteiger partial charge < -0.3 is 15.3 Å². The Morgan fingerprint density at radius 1 is 0.875 bits per heavy atom. The van der Waals surface area contributed by atoms with E-state index >= 15 is 0 Å². The molecule has 0 radical (unpaired) electrons. The number of likely N-dealkylation sites (tertiary alicyclic amines) is 2. The summed E-state index contributed by atoms with van der Waals surface area (Å²) in [6, 6.07) is -0.394. The van der Waals surface area contributed by atoms with Gasteiger partial charge in [0, 0.05) is 38.8 Å². The van der Waals surface area contributed by atoms with Gasteiger partial charge >= 0.3 is 6.18 Å². The van der Waals surface area contributed by atoms with Gasteiger partial charge in [-0.2, -0.15) is 13.2 Å². The van der Waals surface area contributed by atoms with Crippen LogP contribution in [0.2, 0.25) is 0 Å². The predicted octanol–water partition coefficient (Wildman–Crippen LogP) is 0.438. The Balaban J connectivity index is 1.48. The average molecular weight is 352 g/mol. The number of aliphatic hydroxyl groups is 3. The first-order valence-corrected chi connectivity index (χ1v) is 8.83. The summed E-state index contributed by atoms with van der Waals surface area (Å²) in [4.78, 5) is 3.85. The van der Waals surface area contributed by atoms with Crippen LogP contribution in [0, 0.1) is 11.8 Å². The van der Waals surface area contributed by atoms with Gasteiger partial charge in [0.1, 0.15) is 6.10 Å². The molecule has 1 aliphatic carbocycles. The third-order valence-electron chi connectivity index (χ3n) is 5.80. The van der Waals surface area contributed by atoms with Crippen molar-refractivity contribution in [1.29, 1.82) is 0 Å². The molecule has 0 amide bonds. The molecule has 8 heteroatoms. The molecule has 4 atom stereocenters. The maximum Gasteiger partial charge on any atom is 0.393 e. The molecule has 2 unspecified atom stereocenters. The van der Waals surface area contributed by atoms with Gasteiger partial charge in [-0.05, 0) is 18.8 Å². The minimum absolute atomic E-state index is 0.234. The van der Waals surface area contributed by atoms with Crippen molar-refractivity contribution < 1.29 is 28.5 Å². The van der Waals surface area contributed by atoms with E-state index in [2.05, 4.69) is 0 Å². The zero-order chi connectivity index (χ0) is 17.5. The van der Waals surface area contributed by atoms with Crippen molar-refractivity contribution in [2.45, 2.75) is 56.2 Å². The van der Waals surface area contributed by atoms with E-state index in [-0.39, 0.29) is 12.3 Å². The Morgan fingerprint density at radius 2 is 1.46 bits per heavy atom. The molecule has 3 aliphatic rings. The summed E-state index contributed by atoms with van der Waals surface area (Å²) in [5, 5.41) is 29.0. The van der Waals surface area contributed by atoms with E-state index in [1.54, 1.807) is 0 Å². The van der Waals surface area contributed by atoms with Gasteiger partial charge in [0.2, 0.25) is 0 Å². The van der Waals surface area contributed by atoms with Gasteiger partial charge in [0.05, 0.1) is 18.1 Å². The number of alkyl halides is 3. The number of piperidine rings is 1. The molecule has 2 aliphatic heterocycles. The highest BCUT2D eigenvalue weighted by Gasteiger charge is 2.49. The monoisotopic (exact) mass is 352 g/mol. The highest BCUT2D eigenvalue weighted by molar-refractivity contribution is 4.95. The second-order valence-corrected chi connectivity index (χ2v) is 7.66. The van der Waals surface area contributed by atoms with Crippen molar-refractivity contribution >= 4 is 0 Å². The number of halogens is 3. The first-order valence-electron chi connectivity index (χ1n) is 8.83. The van der Waals surface area contributed by atoms with Crippen molar-refractivity contribution in [2.75, 3.05) is 32.7 Å². The minimum atomic E-state index is -4.12. The highest BCUT2D eigenvalue weighted by atomic mass is 19.4. The average Bonchev–Trinajstić information content (AvgIpc) is 2.47. The summed E-state index contributed by atoms with van der Waals surface area (Å²) in [6.45, 7) is 2.51. The Morgan fingerprint density at radius 3 is 2.04 bits per heavy atom. The first kappa shape index (κ1) is 18.4. The summed E-state index contributed by atoms with van der Waals surface area (Å²) in [5.41, 5.74) is 0. The fourth-order valence-electron chi connectivity index (χ4n) is 4.52. The minimum Gasteiger partial charge on any atom is -0.389 e. The number of β-amino-alcohol motifs (C(OH)–C–C–N with tert-alkyl or cyclic N) is 2. The number of aliphatic hydroxyl groups excluding tert-OH is 3. The molecule has 0 aromatic rings. The van der Waals surface area contributed by atoms with Gasteiger partial charge in [0.25, 0.3) is 0 Å². The smallest absolute Gasteiger partial charge is 0.389 e. The molecule has 0 bridgehead atoms. The van der Waals surface area contributed by atoms with Crippen molar-refractivity contribution in [3.8, 4) is 0 Å². The number of rotatable bonds is 3. The van der Waals surface area contributed by atoms with Crippen LogP contribution < -0.4 is 0 Å². The molecular weight excluding hydrogens is 325 g/mol. The number of hydrogen-bond donors (Lipinski definition) is 3. The summed E-state index contributed by atoms with van der Waals surface area (Å²) >= 11 is 0. The van der Waals surface area contributed by atoms with Crippen LogP contribution in [-0.2, 0) is 0 Å². The zero-order valence-electron chi connectivity index (χ0n) is 13.7. The maximum atomic E-state index is 13.2. The predicted molar refractivity (Wildman–Crippen MR) is 81.3 cm³/mol. The lowest BCUT2D eigenvalue weighted by molar-refractivity contribution is -0.206. The largest absolute Gasteiger partial charge is 0.393 e. The van der Waals surface area contributed by atoms with Gasteiger partial charge in [-0.15, -0.1) is 0 Å². The third-order valence-corrected chi connectivity index (χ3v) is 5.80. The van der Waals surface area contributed by atoms with Crippen LogP contribution in [0.1, 0.15) is 25.7 Å². The highest BCUT2D eigenvalue weighted by Crippen LogP contribution is 2.42. The lowest BCUT2D eigenvalue weighted by Crippen LogP contribution is -2.62. The second-order valence-electron chi connectivity index (χ2n) is 7.66. The van der Waals surface area contributed by atoms with E-state index in [1.165, 1.54) is 0 Å². The van der Waals surface area contributed by atoms with Crippen molar-refractivity contribution in [1.82, 2.24) is 9.80 Å². The summed E-state index contributed by atoms with van der Waals surface area (Å²) in [6.07, 6.45) is -4.82. The van der Waals surface area contributed by atoms with Gasteiger partial charge in [-0.1, -0.05) is 12.8 Å². The van der Waals surface area contributed by atoms with E-state index in [4.69, 9.17) is 0 Å². The van der Waals surface area contributed by atoms with E-state index in [9.17, 15) is 28.5 Å². The molecule has 24 heavy (non-hydrogen) atoms. The Labute approximate surface area is 140 Å². The zero-order valence-corrected chi connectivity index (χ0v) is 13.7. The molecule has 0 aromatic heterocycles. The van der Waals surface area contributed by atoms with Crippen LogP contribution in [0.25, 0.3) is 0 Å². The molecule has 2 heterocycles. The Hall–Kier alpha value is -0.410. The van der Waals surface area contributed by atoms with Crippen LogP contribution in [0.5, 0.6) is 0 Å². The van der Waals surface area contributed by atoms with Crippen LogP contribution >= 0.6 is 0 Å². The first-order chi connectivity index (χ1) is 11.3. The summed E-state index contributed by atoms with van der Waals surface area (Å²) in [7, 11) is 0. The van der Waals surface area contributed by atoms with Crippen molar-refractivity contribution in [3.63, 3.8) is 0 Å². The van der Waals surface area contributed by atoms with Gasteiger partial charge in [0.15, 0.2) is 0 Å². The quantitative estimate of drug-likeness (QED) is 0.688. The molecule has 2 saturated heterocycles. The van der Waals surface area contributed by atoms with Crippen LogP contribution in [0.15, 0.2) is 0 Å². The van der Waals surface area contributed by atoms with Crippen molar-refractivity contribution in [3.05, 3.63) is 0 Å². The van der Waals surface area contributed by atoms with Crippen LogP contribution in [0.4, 0.5) is 13.2 Å². The molecule has 5 nitrogen and oxygen atoms in total. The van der Waals surface area contributed by atoms with E-state index < -0.39 is 36.4 Å². The standard InChI is InChI=1S/C16H27F3N2O3/c17-16(18,19)11-3-1-2-4-12(11)21-6-10(7-21)5-20-8-13(22)15(24)14(23)9-20/h10-15,22-24H,1-9H2/t11-,12+,13?,14?,15?/m1/s1. The number of hydrogen-bond acceptors (Lipinski definition) is 5. The molecule has 3 N–H and O–H groups in total. The van der Waals surface area contributed by atoms with Gasteiger partial charge in [-0.3, -0.25) is 9.80 Å². The fraction of sp³-hybridized carbons (Fsp3) is 1.00. The van der Waals surface area contributed by atoms with E-state index in [0.29, 0.717) is 45.6 Å². The topological polar surface area (TPSA) is 67.2 Å². The third kappa shape index (κ3) is 3.88. The lowest BCUT2D eigenvalue weighted by atomic mass is 9.80. The lowest BCUT2D eigenvalue weighted by Gasteiger charge is -2.50. The molecule has 3 fully saturated rings. The molecule has 0 spiro atoms. The summed E-state index contributed by atoms with van der Waals surface area (Å²) < 4.78 is 39.6. The molecule has 140 valence electrons. The Bertz CT molecular complexity index is 419. The molecular formula is C16H27F3N2O3. The molecule has 0 aromatic carbocycles. The molecule has 3 rings (SSSR count). The number of nitrogens with zero attached hydrogens (tertiary/aromatic N) is 2. The SMILES string of the molecule is OC1CN(CC2CN([C@H]3CCCC[C@H]3C(F)(F)F)C2)CC(O)C1O. The van der Waals surface area contributed by atoms with Crippen molar-refractivity contribution in [2.24, 2.45) is 11.8 Å². The Kier molecular flexibility index (Phi) is 5.42. The van der Waals surface area contributed by atoms with Crippen LogP contribution in [-0.4, -0.2) is 88.4 Å². The maximum absolute atomic E-state index is 13.2. The van der Waals surface area contributed by atoms with Crippen LogP contribution in [0.3, 0.4) is 0 Å². The van der Waals surface area contributed by atoms with E-state index in [1.807, 2.05) is 9.80 Å².